The van der Waals surface area contributed by atoms with Crippen molar-refractivity contribution in [3.05, 3.63) is 65.0 Å². The first-order chi connectivity index (χ1) is 11.1. The summed E-state index contributed by atoms with van der Waals surface area (Å²) in [4.78, 5) is 22.1. The van der Waals surface area contributed by atoms with Gasteiger partial charge in [-0.05, 0) is 23.8 Å². The first kappa shape index (κ1) is 14.5. The van der Waals surface area contributed by atoms with Gasteiger partial charge >= 0.3 is 5.69 Å². The van der Waals surface area contributed by atoms with Crippen molar-refractivity contribution in [1.82, 2.24) is 15.0 Å². The average Bonchev–Trinajstić information content (AvgIpc) is 2.55. The number of nitrogen functional groups attached to an aromatic ring is 1. The maximum Gasteiger partial charge on any atom is 0.311 e. The van der Waals surface area contributed by atoms with E-state index < -0.39 is 10.7 Å². The van der Waals surface area contributed by atoms with Crippen LogP contribution < -0.4 is 5.73 Å². The van der Waals surface area contributed by atoms with E-state index in [-0.39, 0.29) is 22.8 Å². The zero-order valence-corrected chi connectivity index (χ0v) is 11.7. The lowest BCUT2D eigenvalue weighted by atomic mass is 10.00. The molecule has 0 atom stereocenters. The van der Waals surface area contributed by atoms with Crippen LogP contribution in [0.3, 0.4) is 0 Å². The minimum Gasteiger partial charge on any atom is -0.378 e. The molecule has 0 radical (unpaired) electrons. The van der Waals surface area contributed by atoms with Gasteiger partial charge in [-0.2, -0.15) is 0 Å². The number of nitrogens with zero attached hydrogens (tertiary/aromatic N) is 4. The van der Waals surface area contributed by atoms with Crippen LogP contribution in [0.15, 0.2) is 49.1 Å². The minimum absolute atomic E-state index is 0.161. The van der Waals surface area contributed by atoms with Crippen molar-refractivity contribution in [3.8, 4) is 22.4 Å². The predicted octanol–water partition coefficient (Wildman–Crippen LogP) is 2.84. The number of hydrogen-bond donors (Lipinski definition) is 1. The summed E-state index contributed by atoms with van der Waals surface area (Å²) in [5.74, 6) is -0.873. The van der Waals surface area contributed by atoms with Crippen LogP contribution in [0.2, 0.25) is 0 Å². The molecule has 7 nitrogen and oxygen atoms in total. The van der Waals surface area contributed by atoms with E-state index in [1.54, 1.807) is 12.1 Å². The molecule has 0 saturated carbocycles. The van der Waals surface area contributed by atoms with E-state index in [0.717, 1.165) is 6.20 Å². The molecule has 8 heteroatoms. The Morgan fingerprint density at radius 2 is 1.78 bits per heavy atom. The Balaban J connectivity index is 2.33. The van der Waals surface area contributed by atoms with Crippen LogP contribution in [0.25, 0.3) is 22.4 Å². The number of rotatable bonds is 3. The summed E-state index contributed by atoms with van der Waals surface area (Å²) in [5.41, 5.74) is 6.68. The van der Waals surface area contributed by atoms with Gasteiger partial charge in [0.25, 0.3) is 0 Å². The molecule has 0 aliphatic carbocycles. The van der Waals surface area contributed by atoms with Crippen LogP contribution in [0.1, 0.15) is 0 Å². The van der Waals surface area contributed by atoms with Crippen molar-refractivity contribution in [1.29, 1.82) is 0 Å². The van der Waals surface area contributed by atoms with Crippen molar-refractivity contribution in [2.45, 2.75) is 0 Å². The molecular weight excluding hydrogens is 301 g/mol. The number of nitrogens with two attached hydrogens (primary N) is 1. The van der Waals surface area contributed by atoms with Gasteiger partial charge in [0.05, 0.1) is 16.8 Å². The summed E-state index contributed by atoms with van der Waals surface area (Å²) >= 11 is 0. The molecular formula is C15H10FN5O2. The van der Waals surface area contributed by atoms with Crippen molar-refractivity contribution in [3.63, 3.8) is 0 Å². The van der Waals surface area contributed by atoms with Gasteiger partial charge in [-0.15, -0.1) is 0 Å². The molecule has 0 aromatic carbocycles. The number of nitro groups is 1. The Bertz CT molecular complexity index is 886. The zero-order valence-electron chi connectivity index (χ0n) is 11.7. The average molecular weight is 311 g/mol. The van der Waals surface area contributed by atoms with Crippen molar-refractivity contribution in [2.24, 2.45) is 0 Å². The van der Waals surface area contributed by atoms with Gasteiger partial charge in [-0.1, -0.05) is 0 Å². The molecule has 3 aromatic heterocycles. The van der Waals surface area contributed by atoms with E-state index in [1.165, 1.54) is 30.7 Å². The van der Waals surface area contributed by atoms with Gasteiger partial charge in [0.1, 0.15) is 0 Å². The van der Waals surface area contributed by atoms with Crippen LogP contribution in [-0.4, -0.2) is 19.9 Å². The fourth-order valence-corrected chi connectivity index (χ4v) is 2.19. The second kappa shape index (κ2) is 5.76. The van der Waals surface area contributed by atoms with E-state index in [1.807, 2.05) is 0 Å². The zero-order chi connectivity index (χ0) is 16.4. The maximum absolute atomic E-state index is 14.1. The fourth-order valence-electron chi connectivity index (χ4n) is 2.19. The van der Waals surface area contributed by atoms with E-state index in [9.17, 15) is 14.5 Å². The molecule has 0 bridgehead atoms. The maximum atomic E-state index is 14.1. The second-order valence-corrected chi connectivity index (χ2v) is 4.64. The molecule has 0 unspecified atom stereocenters. The van der Waals surface area contributed by atoms with E-state index in [2.05, 4.69) is 15.0 Å². The Morgan fingerprint density at radius 1 is 1.09 bits per heavy atom. The molecule has 0 aliphatic rings. The number of anilines is 1. The first-order valence-corrected chi connectivity index (χ1v) is 6.53. The minimum atomic E-state index is -0.625. The third-order valence-corrected chi connectivity index (χ3v) is 3.25. The molecule has 23 heavy (non-hydrogen) atoms. The number of halogens is 1. The Labute approximate surface area is 129 Å². The van der Waals surface area contributed by atoms with Crippen molar-refractivity contribution < 1.29 is 9.31 Å². The lowest BCUT2D eigenvalue weighted by molar-refractivity contribution is -0.384. The van der Waals surface area contributed by atoms with Crippen LogP contribution >= 0.6 is 0 Å². The number of aromatic nitrogens is 3. The standard InChI is InChI=1S/C15H10FN5O2/c16-12-8-19-6-3-10(12)14-11(9-1-4-18-5-2-9)7-13(21(22)23)15(17)20-14/h1-8H,(H2,17,20). The van der Waals surface area contributed by atoms with Crippen molar-refractivity contribution in [2.75, 3.05) is 5.73 Å². The highest BCUT2D eigenvalue weighted by Gasteiger charge is 2.21. The molecule has 0 saturated heterocycles. The summed E-state index contributed by atoms with van der Waals surface area (Å²) in [6.07, 6.45) is 5.52. The van der Waals surface area contributed by atoms with Crippen LogP contribution in [0.5, 0.6) is 0 Å². The third kappa shape index (κ3) is 2.69. The van der Waals surface area contributed by atoms with E-state index in [0.29, 0.717) is 11.1 Å². The Hall–Kier alpha value is -3.42. The van der Waals surface area contributed by atoms with Crippen molar-refractivity contribution >= 4 is 11.5 Å². The van der Waals surface area contributed by atoms with Crippen LogP contribution in [0, 0.1) is 15.9 Å². The van der Waals surface area contributed by atoms with Crippen LogP contribution in [0.4, 0.5) is 15.9 Å². The third-order valence-electron chi connectivity index (χ3n) is 3.25. The first-order valence-electron chi connectivity index (χ1n) is 6.53. The highest BCUT2D eigenvalue weighted by atomic mass is 19.1. The summed E-state index contributed by atoms with van der Waals surface area (Å²) in [5, 5.41) is 11.1. The number of pyridine rings is 3. The molecule has 2 N–H and O–H groups in total. The molecule has 0 amide bonds. The summed E-state index contributed by atoms with van der Waals surface area (Å²) in [7, 11) is 0. The monoisotopic (exact) mass is 311 g/mol. The Morgan fingerprint density at radius 3 is 2.43 bits per heavy atom. The van der Waals surface area contributed by atoms with Gasteiger partial charge in [0.15, 0.2) is 5.82 Å². The molecule has 3 rings (SSSR count). The summed E-state index contributed by atoms with van der Waals surface area (Å²) in [6, 6.07) is 6.03. The van der Waals surface area contributed by atoms with Gasteiger partial charge in [0, 0.05) is 35.8 Å². The second-order valence-electron chi connectivity index (χ2n) is 4.64. The van der Waals surface area contributed by atoms with Gasteiger partial charge < -0.3 is 5.73 Å². The Kier molecular flexibility index (Phi) is 3.63. The van der Waals surface area contributed by atoms with Gasteiger partial charge in [0.2, 0.25) is 5.82 Å². The lowest BCUT2D eigenvalue weighted by Gasteiger charge is -2.11. The molecule has 0 fully saturated rings. The SMILES string of the molecule is Nc1nc(-c2ccncc2F)c(-c2ccncc2)cc1[N+](=O)[O-]. The van der Waals surface area contributed by atoms with E-state index >= 15 is 0 Å². The topological polar surface area (TPSA) is 108 Å². The fraction of sp³-hybridized carbons (Fsp3) is 0. The largest absolute Gasteiger partial charge is 0.378 e. The molecule has 3 aromatic rings. The van der Waals surface area contributed by atoms with E-state index in [4.69, 9.17) is 5.73 Å². The predicted molar refractivity (Wildman–Crippen MR) is 81.7 cm³/mol. The smallest absolute Gasteiger partial charge is 0.311 e. The molecule has 3 heterocycles. The van der Waals surface area contributed by atoms with Crippen LogP contribution in [-0.2, 0) is 0 Å². The molecule has 114 valence electrons. The van der Waals surface area contributed by atoms with Gasteiger partial charge in [-0.3, -0.25) is 20.1 Å². The quantitative estimate of drug-likeness (QED) is 0.588. The normalized spacial score (nSPS) is 10.5. The molecule has 0 aliphatic heterocycles. The highest BCUT2D eigenvalue weighted by Crippen LogP contribution is 2.36. The van der Waals surface area contributed by atoms with Gasteiger partial charge in [-0.25, -0.2) is 9.37 Å². The lowest BCUT2D eigenvalue weighted by Crippen LogP contribution is -2.02. The summed E-state index contributed by atoms with van der Waals surface area (Å²) < 4.78 is 14.1. The number of hydrogen-bond acceptors (Lipinski definition) is 6. The summed E-state index contributed by atoms with van der Waals surface area (Å²) in [6.45, 7) is 0. The highest BCUT2D eigenvalue weighted by molar-refractivity contribution is 5.84. The molecule has 0 spiro atoms.